The lowest BCUT2D eigenvalue weighted by Gasteiger charge is -2.19. The molecule has 2 aromatic rings. The van der Waals surface area contributed by atoms with Crippen LogP contribution in [0.3, 0.4) is 0 Å². The third-order valence-electron chi connectivity index (χ3n) is 4.56. The summed E-state index contributed by atoms with van der Waals surface area (Å²) in [7, 11) is 0. The number of benzene rings is 1. The largest absolute Gasteiger partial charge is 0.376 e. The predicted molar refractivity (Wildman–Crippen MR) is 107 cm³/mol. The molecule has 0 saturated carbocycles. The van der Waals surface area contributed by atoms with Gasteiger partial charge < -0.3 is 15.9 Å². The van der Waals surface area contributed by atoms with Crippen LogP contribution < -0.4 is 11.2 Å². The SMILES string of the molecule is CC(C)(C)c1ccc(-c2nnc(SCC(=O)NC[C@H]3CCCO3)n2N)cc1. The molecule has 3 rings (SSSR count). The third-order valence-corrected chi connectivity index (χ3v) is 5.50. The Labute approximate surface area is 164 Å². The lowest BCUT2D eigenvalue weighted by molar-refractivity contribution is -0.119. The molecule has 1 fully saturated rings. The van der Waals surface area contributed by atoms with Crippen molar-refractivity contribution in [3.8, 4) is 11.4 Å². The zero-order valence-corrected chi connectivity index (χ0v) is 16.9. The minimum absolute atomic E-state index is 0.0606. The van der Waals surface area contributed by atoms with E-state index in [1.165, 1.54) is 22.0 Å². The van der Waals surface area contributed by atoms with Crippen LogP contribution in [0.1, 0.15) is 39.2 Å². The number of nitrogens with two attached hydrogens (primary N) is 1. The quantitative estimate of drug-likeness (QED) is 0.582. The summed E-state index contributed by atoms with van der Waals surface area (Å²) in [6.45, 7) is 7.86. The highest BCUT2D eigenvalue weighted by atomic mass is 32.2. The first-order valence-electron chi connectivity index (χ1n) is 9.17. The van der Waals surface area contributed by atoms with E-state index in [0.717, 1.165) is 25.0 Å². The van der Waals surface area contributed by atoms with Crippen LogP contribution in [0.2, 0.25) is 0 Å². The highest BCUT2D eigenvalue weighted by Gasteiger charge is 2.18. The van der Waals surface area contributed by atoms with Gasteiger partial charge in [0.15, 0.2) is 5.82 Å². The molecule has 0 aliphatic carbocycles. The second-order valence-electron chi connectivity index (χ2n) is 7.73. The number of nitrogens with zero attached hydrogens (tertiary/aromatic N) is 3. The Balaban J connectivity index is 1.57. The lowest BCUT2D eigenvalue weighted by atomic mass is 9.87. The van der Waals surface area contributed by atoms with Gasteiger partial charge in [-0.3, -0.25) is 4.79 Å². The summed E-state index contributed by atoms with van der Waals surface area (Å²) in [4.78, 5) is 12.0. The molecule has 8 heteroatoms. The molecule has 3 N–H and O–H groups in total. The van der Waals surface area contributed by atoms with E-state index in [1.54, 1.807) is 0 Å². The second kappa shape index (κ2) is 8.31. The van der Waals surface area contributed by atoms with Crippen molar-refractivity contribution in [2.45, 2.75) is 50.3 Å². The van der Waals surface area contributed by atoms with E-state index in [2.05, 4.69) is 48.4 Å². The topological polar surface area (TPSA) is 95.1 Å². The van der Waals surface area contributed by atoms with Crippen LogP contribution >= 0.6 is 11.8 Å². The van der Waals surface area contributed by atoms with Crippen molar-refractivity contribution in [1.29, 1.82) is 0 Å². The average molecular weight is 390 g/mol. The number of carbonyl (C=O) groups is 1. The van der Waals surface area contributed by atoms with Crippen LogP contribution in [-0.2, 0) is 14.9 Å². The molecule has 1 aromatic heterocycles. The standard InChI is InChI=1S/C19H27N5O2S/c1-19(2,3)14-8-6-13(7-9-14)17-22-23-18(24(17)20)27-12-16(25)21-11-15-5-4-10-26-15/h6-9,15H,4-5,10-12,20H2,1-3H3,(H,21,25)/t15-/m1/s1. The van der Waals surface area contributed by atoms with Crippen LogP contribution in [-0.4, -0.2) is 45.8 Å². The Morgan fingerprint density at radius 1 is 1.33 bits per heavy atom. The first kappa shape index (κ1) is 19.7. The zero-order valence-electron chi connectivity index (χ0n) is 16.1. The van der Waals surface area contributed by atoms with Crippen molar-refractivity contribution >= 4 is 17.7 Å². The van der Waals surface area contributed by atoms with Gasteiger partial charge in [-0.25, -0.2) is 4.68 Å². The summed E-state index contributed by atoms with van der Waals surface area (Å²) in [6.07, 6.45) is 2.20. The molecule has 1 saturated heterocycles. The Hall–Kier alpha value is -2.06. The van der Waals surface area contributed by atoms with Crippen LogP contribution in [0.5, 0.6) is 0 Å². The van der Waals surface area contributed by atoms with Crippen molar-refractivity contribution in [1.82, 2.24) is 20.2 Å². The fraction of sp³-hybridized carbons (Fsp3) is 0.526. The first-order chi connectivity index (χ1) is 12.8. The molecule has 1 aromatic carbocycles. The fourth-order valence-electron chi connectivity index (χ4n) is 2.91. The van der Waals surface area contributed by atoms with Gasteiger partial charge in [-0.05, 0) is 23.8 Å². The molecule has 0 spiro atoms. The number of amides is 1. The molecule has 1 aliphatic heterocycles. The highest BCUT2D eigenvalue weighted by molar-refractivity contribution is 7.99. The van der Waals surface area contributed by atoms with Gasteiger partial charge in [0.1, 0.15) is 0 Å². The first-order valence-corrected chi connectivity index (χ1v) is 10.2. The summed E-state index contributed by atoms with van der Waals surface area (Å²) < 4.78 is 6.93. The summed E-state index contributed by atoms with van der Waals surface area (Å²) >= 11 is 1.27. The fourth-order valence-corrected chi connectivity index (χ4v) is 3.59. The molecule has 1 atom stereocenters. The maximum atomic E-state index is 12.0. The Morgan fingerprint density at radius 3 is 2.70 bits per heavy atom. The summed E-state index contributed by atoms with van der Waals surface area (Å²) in [5.74, 6) is 6.90. The number of ether oxygens (including phenoxy) is 1. The number of aromatic nitrogens is 3. The van der Waals surface area contributed by atoms with Gasteiger partial charge >= 0.3 is 0 Å². The molecule has 1 aliphatic rings. The van der Waals surface area contributed by atoms with Crippen LogP contribution in [0, 0.1) is 0 Å². The third kappa shape index (κ3) is 5.01. The van der Waals surface area contributed by atoms with Crippen LogP contribution in [0.4, 0.5) is 0 Å². The minimum atomic E-state index is -0.0606. The number of thioether (sulfide) groups is 1. The monoisotopic (exact) mass is 389 g/mol. The number of rotatable bonds is 6. The van der Waals surface area contributed by atoms with E-state index in [4.69, 9.17) is 10.6 Å². The van der Waals surface area contributed by atoms with Crippen molar-refractivity contribution < 1.29 is 9.53 Å². The number of hydrogen-bond acceptors (Lipinski definition) is 6. The van der Waals surface area contributed by atoms with E-state index < -0.39 is 0 Å². The smallest absolute Gasteiger partial charge is 0.230 e. The van der Waals surface area contributed by atoms with E-state index in [-0.39, 0.29) is 23.2 Å². The van der Waals surface area contributed by atoms with E-state index in [9.17, 15) is 4.79 Å². The molecule has 0 unspecified atom stereocenters. The maximum absolute atomic E-state index is 12.0. The maximum Gasteiger partial charge on any atom is 0.230 e. The Bertz CT molecular complexity index is 776. The molecule has 0 radical (unpaired) electrons. The molecule has 0 bridgehead atoms. The predicted octanol–water partition coefficient (Wildman–Crippen LogP) is 2.34. The van der Waals surface area contributed by atoms with Gasteiger partial charge in [-0.2, -0.15) is 0 Å². The molecular weight excluding hydrogens is 362 g/mol. The van der Waals surface area contributed by atoms with Gasteiger partial charge in [0.2, 0.25) is 11.1 Å². The molecule has 7 nitrogen and oxygen atoms in total. The molecule has 27 heavy (non-hydrogen) atoms. The van der Waals surface area contributed by atoms with Crippen molar-refractivity contribution in [3.63, 3.8) is 0 Å². The van der Waals surface area contributed by atoms with Crippen molar-refractivity contribution in [3.05, 3.63) is 29.8 Å². The lowest BCUT2D eigenvalue weighted by Crippen LogP contribution is -2.33. The minimum Gasteiger partial charge on any atom is -0.376 e. The van der Waals surface area contributed by atoms with Crippen molar-refractivity contribution in [2.24, 2.45) is 0 Å². The van der Waals surface area contributed by atoms with Crippen molar-refractivity contribution in [2.75, 3.05) is 24.7 Å². The zero-order chi connectivity index (χ0) is 19.4. The van der Waals surface area contributed by atoms with Gasteiger partial charge in [-0.1, -0.05) is 56.8 Å². The average Bonchev–Trinajstić information content (AvgIpc) is 3.27. The number of nitrogens with one attached hydrogen (secondary N) is 1. The summed E-state index contributed by atoms with van der Waals surface area (Å²) in [5, 5.41) is 11.7. The van der Waals surface area contributed by atoms with Crippen LogP contribution in [0.15, 0.2) is 29.4 Å². The van der Waals surface area contributed by atoms with Crippen LogP contribution in [0.25, 0.3) is 11.4 Å². The second-order valence-corrected chi connectivity index (χ2v) is 8.67. The summed E-state index contributed by atoms with van der Waals surface area (Å²) in [6, 6.07) is 8.15. The molecular formula is C19H27N5O2S. The normalized spacial score (nSPS) is 17.2. The van der Waals surface area contributed by atoms with E-state index >= 15 is 0 Å². The Morgan fingerprint density at radius 2 is 2.07 bits per heavy atom. The van der Waals surface area contributed by atoms with Gasteiger partial charge in [-0.15, -0.1) is 10.2 Å². The van der Waals surface area contributed by atoms with Gasteiger partial charge in [0, 0.05) is 18.7 Å². The number of carbonyl (C=O) groups excluding carboxylic acids is 1. The number of hydrogen-bond donors (Lipinski definition) is 2. The molecule has 2 heterocycles. The summed E-state index contributed by atoms with van der Waals surface area (Å²) in [5.41, 5.74) is 2.23. The van der Waals surface area contributed by atoms with Gasteiger partial charge in [0.05, 0.1) is 11.9 Å². The highest BCUT2D eigenvalue weighted by Crippen LogP contribution is 2.26. The Kier molecular flexibility index (Phi) is 6.06. The van der Waals surface area contributed by atoms with E-state index in [0.29, 0.717) is 17.5 Å². The molecule has 1 amide bonds. The van der Waals surface area contributed by atoms with E-state index in [1.807, 2.05) is 12.1 Å². The number of nitrogen functional groups attached to an aromatic ring is 1. The van der Waals surface area contributed by atoms with Gasteiger partial charge in [0.25, 0.3) is 0 Å². The molecule has 146 valence electrons.